The first kappa shape index (κ1) is 19.9. The molecule has 6 nitrogen and oxygen atoms in total. The Balaban J connectivity index is 2.22. The lowest BCUT2D eigenvalue weighted by molar-refractivity contribution is -0.154. The molecule has 1 N–H and O–H groups in total. The molecule has 0 aliphatic carbocycles. The molecule has 0 saturated carbocycles. The molecule has 0 aromatic rings. The van der Waals surface area contributed by atoms with Gasteiger partial charge in [0.05, 0.1) is 6.61 Å². The molecular weight excluding hydrogens is 300 g/mol. The van der Waals surface area contributed by atoms with Gasteiger partial charge in [0.25, 0.3) is 0 Å². The second-order valence-electron chi connectivity index (χ2n) is 5.99. The van der Waals surface area contributed by atoms with Gasteiger partial charge < -0.3 is 19.3 Å². The molecule has 1 saturated heterocycles. The fraction of sp³-hybridized carbons (Fsp3) is 0.882. The van der Waals surface area contributed by atoms with Crippen LogP contribution >= 0.6 is 0 Å². The standard InChI is InChI=1S/C17H30O6/c1-3-5-7-9-15(18)22-11-13-17(20)14(12-21-13)23-16(19)10-8-6-4-2/h13-14,17,20H,3-12H2,1-2H3/t13-,14+,17-/m0/s1. The number of hydrogen-bond acceptors (Lipinski definition) is 6. The summed E-state index contributed by atoms with van der Waals surface area (Å²) in [5, 5.41) is 10.1. The molecule has 0 spiro atoms. The molecule has 6 heteroatoms. The molecule has 1 aliphatic heterocycles. The lowest BCUT2D eigenvalue weighted by Crippen LogP contribution is -2.36. The normalized spacial score (nSPS) is 23.7. The van der Waals surface area contributed by atoms with Gasteiger partial charge in [0.2, 0.25) is 0 Å². The highest BCUT2D eigenvalue weighted by atomic mass is 16.6. The van der Waals surface area contributed by atoms with Gasteiger partial charge >= 0.3 is 11.9 Å². The van der Waals surface area contributed by atoms with E-state index >= 15 is 0 Å². The van der Waals surface area contributed by atoms with E-state index in [9.17, 15) is 14.7 Å². The Morgan fingerprint density at radius 1 is 1.04 bits per heavy atom. The van der Waals surface area contributed by atoms with Crippen LogP contribution in [0.25, 0.3) is 0 Å². The van der Waals surface area contributed by atoms with Gasteiger partial charge in [0.1, 0.15) is 18.8 Å². The second kappa shape index (κ2) is 11.4. The number of carbonyl (C=O) groups is 2. The highest BCUT2D eigenvalue weighted by Crippen LogP contribution is 2.19. The molecule has 0 bridgehead atoms. The Bertz CT molecular complexity index is 357. The van der Waals surface area contributed by atoms with E-state index in [1.165, 1.54) is 0 Å². The second-order valence-corrected chi connectivity index (χ2v) is 5.99. The van der Waals surface area contributed by atoms with Gasteiger partial charge in [0.15, 0.2) is 6.10 Å². The summed E-state index contributed by atoms with van der Waals surface area (Å²) >= 11 is 0. The molecule has 23 heavy (non-hydrogen) atoms. The minimum Gasteiger partial charge on any atom is -0.463 e. The van der Waals surface area contributed by atoms with E-state index in [0.29, 0.717) is 12.8 Å². The maximum Gasteiger partial charge on any atom is 0.306 e. The summed E-state index contributed by atoms with van der Waals surface area (Å²) in [6.07, 6.45) is 4.14. The van der Waals surface area contributed by atoms with Gasteiger partial charge in [-0.1, -0.05) is 39.5 Å². The maximum atomic E-state index is 11.7. The Hall–Kier alpha value is -1.14. The van der Waals surface area contributed by atoms with Crippen molar-refractivity contribution < 1.29 is 28.9 Å². The van der Waals surface area contributed by atoms with E-state index in [1.54, 1.807) is 0 Å². The van der Waals surface area contributed by atoms with Crippen LogP contribution in [-0.4, -0.2) is 48.6 Å². The zero-order chi connectivity index (χ0) is 17.1. The number of rotatable bonds is 11. The van der Waals surface area contributed by atoms with Crippen molar-refractivity contribution in [3.8, 4) is 0 Å². The molecule has 134 valence electrons. The van der Waals surface area contributed by atoms with Crippen LogP contribution in [-0.2, 0) is 23.8 Å². The van der Waals surface area contributed by atoms with E-state index in [-0.39, 0.29) is 25.2 Å². The van der Waals surface area contributed by atoms with Crippen LogP contribution in [0.15, 0.2) is 0 Å². The Kier molecular flexibility index (Phi) is 9.87. The molecule has 1 aliphatic rings. The smallest absolute Gasteiger partial charge is 0.306 e. The van der Waals surface area contributed by atoms with Crippen LogP contribution in [0.5, 0.6) is 0 Å². The first-order valence-electron chi connectivity index (χ1n) is 8.73. The van der Waals surface area contributed by atoms with Gasteiger partial charge in [-0.15, -0.1) is 0 Å². The maximum absolute atomic E-state index is 11.7. The quantitative estimate of drug-likeness (QED) is 0.462. The fourth-order valence-electron chi connectivity index (χ4n) is 2.42. The first-order chi connectivity index (χ1) is 11.1. The van der Waals surface area contributed by atoms with E-state index < -0.39 is 18.3 Å². The van der Waals surface area contributed by atoms with Crippen molar-refractivity contribution in [2.45, 2.75) is 83.5 Å². The van der Waals surface area contributed by atoms with E-state index in [2.05, 4.69) is 13.8 Å². The van der Waals surface area contributed by atoms with Crippen LogP contribution in [0.2, 0.25) is 0 Å². The highest BCUT2D eigenvalue weighted by molar-refractivity contribution is 5.70. The predicted molar refractivity (Wildman–Crippen MR) is 84.9 cm³/mol. The van der Waals surface area contributed by atoms with E-state index in [1.807, 2.05) is 0 Å². The Morgan fingerprint density at radius 3 is 2.26 bits per heavy atom. The van der Waals surface area contributed by atoms with Crippen molar-refractivity contribution in [3.63, 3.8) is 0 Å². The molecular formula is C17H30O6. The lowest BCUT2D eigenvalue weighted by Gasteiger charge is -2.17. The summed E-state index contributed by atoms with van der Waals surface area (Å²) in [5.41, 5.74) is 0. The minimum atomic E-state index is -0.950. The van der Waals surface area contributed by atoms with Gasteiger partial charge in [-0.2, -0.15) is 0 Å². The van der Waals surface area contributed by atoms with Crippen molar-refractivity contribution in [2.24, 2.45) is 0 Å². The first-order valence-corrected chi connectivity index (χ1v) is 8.73. The number of aliphatic hydroxyl groups is 1. The number of esters is 2. The summed E-state index contributed by atoms with van der Waals surface area (Å²) in [4.78, 5) is 23.2. The van der Waals surface area contributed by atoms with Crippen molar-refractivity contribution >= 4 is 11.9 Å². The predicted octanol–water partition coefficient (Wildman–Crippen LogP) is 2.36. The average molecular weight is 330 g/mol. The average Bonchev–Trinajstić information content (AvgIpc) is 2.86. The Labute approximate surface area is 138 Å². The van der Waals surface area contributed by atoms with Gasteiger partial charge in [-0.3, -0.25) is 9.59 Å². The van der Waals surface area contributed by atoms with Gasteiger partial charge in [-0.05, 0) is 12.8 Å². The third-order valence-corrected chi connectivity index (χ3v) is 3.90. The molecule has 1 fully saturated rings. The third-order valence-electron chi connectivity index (χ3n) is 3.90. The minimum absolute atomic E-state index is 0.00396. The highest BCUT2D eigenvalue weighted by Gasteiger charge is 2.39. The van der Waals surface area contributed by atoms with Crippen LogP contribution in [0, 0.1) is 0 Å². The van der Waals surface area contributed by atoms with Crippen molar-refractivity contribution in [1.82, 2.24) is 0 Å². The summed E-state index contributed by atoms with van der Waals surface area (Å²) in [6, 6.07) is 0. The molecule has 0 aromatic heterocycles. The zero-order valence-electron chi connectivity index (χ0n) is 14.3. The summed E-state index contributed by atoms with van der Waals surface area (Å²) in [6.45, 7) is 4.26. The lowest BCUT2D eigenvalue weighted by atomic mass is 10.1. The molecule has 3 atom stereocenters. The molecule has 0 aromatic carbocycles. The number of hydrogen-bond donors (Lipinski definition) is 1. The largest absolute Gasteiger partial charge is 0.463 e. The van der Waals surface area contributed by atoms with Gasteiger partial charge in [0, 0.05) is 12.8 Å². The molecule has 1 heterocycles. The van der Waals surface area contributed by atoms with Crippen molar-refractivity contribution in [1.29, 1.82) is 0 Å². The SMILES string of the molecule is CCCCCC(=O)OC[C@@H]1OC[C@@H](OC(=O)CCCCC)[C@H]1O. The van der Waals surface area contributed by atoms with Crippen LogP contribution in [0.4, 0.5) is 0 Å². The molecule has 0 radical (unpaired) electrons. The molecule has 0 unspecified atom stereocenters. The number of unbranched alkanes of at least 4 members (excludes halogenated alkanes) is 4. The van der Waals surface area contributed by atoms with E-state index in [0.717, 1.165) is 38.5 Å². The summed E-state index contributed by atoms with van der Waals surface area (Å²) in [5.74, 6) is -0.599. The Morgan fingerprint density at radius 2 is 1.65 bits per heavy atom. The molecule has 1 rings (SSSR count). The van der Waals surface area contributed by atoms with Crippen LogP contribution in [0.3, 0.4) is 0 Å². The topological polar surface area (TPSA) is 82.1 Å². The van der Waals surface area contributed by atoms with Crippen molar-refractivity contribution in [3.05, 3.63) is 0 Å². The molecule has 0 amide bonds. The number of carbonyl (C=O) groups excluding carboxylic acids is 2. The monoisotopic (exact) mass is 330 g/mol. The fourth-order valence-corrected chi connectivity index (χ4v) is 2.42. The summed E-state index contributed by atoms with van der Waals surface area (Å²) < 4.78 is 15.7. The van der Waals surface area contributed by atoms with Crippen molar-refractivity contribution in [2.75, 3.05) is 13.2 Å². The number of ether oxygens (including phenoxy) is 3. The summed E-state index contributed by atoms with van der Waals surface area (Å²) in [7, 11) is 0. The van der Waals surface area contributed by atoms with Gasteiger partial charge in [-0.25, -0.2) is 0 Å². The van der Waals surface area contributed by atoms with Crippen LogP contribution < -0.4 is 0 Å². The third kappa shape index (κ3) is 7.79. The van der Waals surface area contributed by atoms with E-state index in [4.69, 9.17) is 14.2 Å². The number of aliphatic hydroxyl groups excluding tert-OH is 1. The van der Waals surface area contributed by atoms with Crippen LogP contribution in [0.1, 0.15) is 65.2 Å². The zero-order valence-corrected chi connectivity index (χ0v) is 14.3.